The fraction of sp³-hybridized carbons (Fsp3) is 1.00. The van der Waals surface area contributed by atoms with Crippen LogP contribution in [-0.4, -0.2) is 49.3 Å². The molecule has 16 heavy (non-hydrogen) atoms. The van der Waals surface area contributed by atoms with Gasteiger partial charge in [-0.25, -0.2) is 0 Å². The maximum absolute atomic E-state index is 5.96. The Kier molecular flexibility index (Phi) is 4.22. The number of nitrogens with one attached hydrogen (secondary N) is 1. The van der Waals surface area contributed by atoms with Crippen molar-refractivity contribution >= 4 is 0 Å². The average Bonchev–Trinajstić information content (AvgIpc) is 2.60. The van der Waals surface area contributed by atoms with E-state index in [1.807, 2.05) is 0 Å². The lowest BCUT2D eigenvalue weighted by molar-refractivity contribution is 0.0116. The number of nitrogens with zero attached hydrogens (tertiary/aromatic N) is 1. The van der Waals surface area contributed by atoms with E-state index in [-0.39, 0.29) is 0 Å². The van der Waals surface area contributed by atoms with Gasteiger partial charge in [0.05, 0.1) is 12.7 Å². The molecule has 3 nitrogen and oxygen atoms in total. The third-order valence-corrected chi connectivity index (χ3v) is 4.07. The third-order valence-electron chi connectivity index (χ3n) is 4.07. The Balaban J connectivity index is 1.63. The molecule has 0 bridgehead atoms. The van der Waals surface area contributed by atoms with Gasteiger partial charge < -0.3 is 10.1 Å². The van der Waals surface area contributed by atoms with Gasteiger partial charge in [0.2, 0.25) is 0 Å². The van der Waals surface area contributed by atoms with Crippen molar-refractivity contribution < 1.29 is 4.74 Å². The molecule has 2 fully saturated rings. The molecule has 0 amide bonds. The van der Waals surface area contributed by atoms with Gasteiger partial charge in [-0.1, -0.05) is 0 Å². The lowest BCUT2D eigenvalue weighted by atomic mass is 10.0. The largest absolute Gasteiger partial charge is 0.377 e. The SMILES string of the molecule is CC1(C)CCCN1CCOC1CCNCC1. The van der Waals surface area contributed by atoms with E-state index >= 15 is 0 Å². The van der Waals surface area contributed by atoms with E-state index in [9.17, 15) is 0 Å². The van der Waals surface area contributed by atoms with Crippen LogP contribution in [0.1, 0.15) is 39.5 Å². The predicted octanol–water partition coefficient (Wildman–Crippen LogP) is 1.63. The van der Waals surface area contributed by atoms with Crippen molar-refractivity contribution in [2.75, 3.05) is 32.8 Å². The van der Waals surface area contributed by atoms with Crippen LogP contribution < -0.4 is 5.32 Å². The summed E-state index contributed by atoms with van der Waals surface area (Å²) in [4.78, 5) is 2.58. The molecular formula is C13H26N2O. The van der Waals surface area contributed by atoms with Crippen molar-refractivity contribution in [2.24, 2.45) is 0 Å². The van der Waals surface area contributed by atoms with Crippen LogP contribution in [0.2, 0.25) is 0 Å². The van der Waals surface area contributed by atoms with Crippen LogP contribution in [0, 0.1) is 0 Å². The van der Waals surface area contributed by atoms with Crippen molar-refractivity contribution in [2.45, 2.75) is 51.2 Å². The fourth-order valence-corrected chi connectivity index (χ4v) is 2.87. The van der Waals surface area contributed by atoms with Crippen LogP contribution in [0.25, 0.3) is 0 Å². The summed E-state index contributed by atoms with van der Waals surface area (Å²) in [6.07, 6.45) is 5.56. The van der Waals surface area contributed by atoms with Gasteiger partial charge in [-0.05, 0) is 59.2 Å². The average molecular weight is 226 g/mol. The van der Waals surface area contributed by atoms with Gasteiger partial charge in [0.15, 0.2) is 0 Å². The Bertz CT molecular complexity index is 212. The molecule has 0 atom stereocenters. The Morgan fingerprint density at radius 1 is 1.31 bits per heavy atom. The molecule has 0 radical (unpaired) electrons. The van der Waals surface area contributed by atoms with Gasteiger partial charge in [0.25, 0.3) is 0 Å². The first kappa shape index (κ1) is 12.3. The first-order chi connectivity index (χ1) is 7.68. The van der Waals surface area contributed by atoms with E-state index in [0.29, 0.717) is 11.6 Å². The monoisotopic (exact) mass is 226 g/mol. The van der Waals surface area contributed by atoms with Gasteiger partial charge in [-0.3, -0.25) is 4.90 Å². The van der Waals surface area contributed by atoms with E-state index in [1.54, 1.807) is 0 Å². The molecule has 94 valence electrons. The van der Waals surface area contributed by atoms with Crippen LogP contribution in [0.3, 0.4) is 0 Å². The lowest BCUT2D eigenvalue weighted by Gasteiger charge is -2.32. The van der Waals surface area contributed by atoms with Gasteiger partial charge in [0.1, 0.15) is 0 Å². The zero-order valence-electron chi connectivity index (χ0n) is 10.8. The Labute approximate surface area is 99.5 Å². The number of piperidine rings is 1. The molecule has 0 spiro atoms. The number of hydrogen-bond donors (Lipinski definition) is 1. The topological polar surface area (TPSA) is 24.5 Å². The molecule has 2 aliphatic rings. The van der Waals surface area contributed by atoms with E-state index < -0.39 is 0 Å². The molecule has 2 rings (SSSR count). The summed E-state index contributed by atoms with van der Waals surface area (Å²) in [5.41, 5.74) is 0.400. The van der Waals surface area contributed by atoms with Gasteiger partial charge in [-0.15, -0.1) is 0 Å². The second-order valence-corrected chi connectivity index (χ2v) is 5.72. The van der Waals surface area contributed by atoms with Crippen molar-refractivity contribution in [1.82, 2.24) is 10.2 Å². The zero-order valence-corrected chi connectivity index (χ0v) is 10.8. The van der Waals surface area contributed by atoms with E-state index in [1.165, 1.54) is 32.2 Å². The normalized spacial score (nSPS) is 27.4. The molecule has 0 saturated carbocycles. The molecule has 1 N–H and O–H groups in total. The molecule has 2 saturated heterocycles. The van der Waals surface area contributed by atoms with Gasteiger partial charge >= 0.3 is 0 Å². The van der Waals surface area contributed by atoms with Crippen LogP contribution in [-0.2, 0) is 4.74 Å². The number of rotatable bonds is 4. The molecule has 0 aromatic rings. The Morgan fingerprint density at radius 3 is 2.69 bits per heavy atom. The first-order valence-electron chi connectivity index (χ1n) is 6.76. The van der Waals surface area contributed by atoms with Crippen molar-refractivity contribution in [3.8, 4) is 0 Å². The van der Waals surface area contributed by atoms with E-state index in [2.05, 4.69) is 24.1 Å². The van der Waals surface area contributed by atoms with Crippen molar-refractivity contribution in [3.05, 3.63) is 0 Å². The van der Waals surface area contributed by atoms with Crippen LogP contribution in [0.15, 0.2) is 0 Å². The first-order valence-corrected chi connectivity index (χ1v) is 6.76. The highest BCUT2D eigenvalue weighted by Crippen LogP contribution is 2.27. The summed E-state index contributed by atoms with van der Waals surface area (Å²) >= 11 is 0. The molecule has 2 heterocycles. The lowest BCUT2D eigenvalue weighted by Crippen LogP contribution is -2.41. The molecule has 3 heteroatoms. The van der Waals surface area contributed by atoms with Crippen LogP contribution >= 0.6 is 0 Å². The molecule has 0 aromatic carbocycles. The van der Waals surface area contributed by atoms with Crippen LogP contribution in [0.4, 0.5) is 0 Å². The van der Waals surface area contributed by atoms with Crippen LogP contribution in [0.5, 0.6) is 0 Å². The van der Waals surface area contributed by atoms with Gasteiger partial charge in [0, 0.05) is 12.1 Å². The second-order valence-electron chi connectivity index (χ2n) is 5.72. The smallest absolute Gasteiger partial charge is 0.0600 e. The second kappa shape index (κ2) is 5.48. The Hall–Kier alpha value is -0.120. The summed E-state index contributed by atoms with van der Waals surface area (Å²) in [6, 6.07) is 0. The molecule has 0 aliphatic carbocycles. The summed E-state index contributed by atoms with van der Waals surface area (Å²) in [7, 11) is 0. The predicted molar refractivity (Wildman–Crippen MR) is 66.7 cm³/mol. The Morgan fingerprint density at radius 2 is 2.06 bits per heavy atom. The summed E-state index contributed by atoms with van der Waals surface area (Å²) in [5.74, 6) is 0. The summed E-state index contributed by atoms with van der Waals surface area (Å²) < 4.78 is 5.96. The zero-order chi connectivity index (χ0) is 11.4. The highest BCUT2D eigenvalue weighted by atomic mass is 16.5. The highest BCUT2D eigenvalue weighted by molar-refractivity contribution is 4.87. The molecule has 0 aromatic heterocycles. The number of hydrogen-bond acceptors (Lipinski definition) is 3. The van der Waals surface area contributed by atoms with Gasteiger partial charge in [-0.2, -0.15) is 0 Å². The summed E-state index contributed by atoms with van der Waals surface area (Å²) in [6.45, 7) is 10.2. The number of likely N-dealkylation sites (tertiary alicyclic amines) is 1. The molecular weight excluding hydrogens is 200 g/mol. The van der Waals surface area contributed by atoms with E-state index in [4.69, 9.17) is 4.74 Å². The molecule has 2 aliphatic heterocycles. The highest BCUT2D eigenvalue weighted by Gasteiger charge is 2.31. The minimum atomic E-state index is 0.400. The fourth-order valence-electron chi connectivity index (χ4n) is 2.87. The molecule has 0 unspecified atom stereocenters. The number of ether oxygens (including phenoxy) is 1. The quantitative estimate of drug-likeness (QED) is 0.788. The minimum absolute atomic E-state index is 0.400. The maximum Gasteiger partial charge on any atom is 0.0600 e. The minimum Gasteiger partial charge on any atom is -0.377 e. The van der Waals surface area contributed by atoms with E-state index in [0.717, 1.165) is 26.2 Å². The maximum atomic E-state index is 5.96. The standard InChI is InChI=1S/C13H26N2O/c1-13(2)6-3-9-15(13)10-11-16-12-4-7-14-8-5-12/h12,14H,3-11H2,1-2H3. The van der Waals surface area contributed by atoms with Crippen molar-refractivity contribution in [1.29, 1.82) is 0 Å². The summed E-state index contributed by atoms with van der Waals surface area (Å²) in [5, 5.41) is 3.37. The van der Waals surface area contributed by atoms with Crippen molar-refractivity contribution in [3.63, 3.8) is 0 Å². The third kappa shape index (κ3) is 3.19.